The molecule has 1 saturated heterocycles. The third-order valence-electron chi connectivity index (χ3n) is 4.21. The van der Waals surface area contributed by atoms with E-state index in [1.807, 2.05) is 0 Å². The summed E-state index contributed by atoms with van der Waals surface area (Å²) in [5.41, 5.74) is 4.52. The quantitative estimate of drug-likeness (QED) is 0.816. The number of fused-ring (bicyclic) bond motifs is 1. The fourth-order valence-electron chi connectivity index (χ4n) is 3.23. The fourth-order valence-corrected chi connectivity index (χ4v) is 3.23. The van der Waals surface area contributed by atoms with Gasteiger partial charge >= 0.3 is 0 Å². The van der Waals surface area contributed by atoms with Gasteiger partial charge in [0.15, 0.2) is 0 Å². The molecule has 1 aromatic rings. The molecule has 1 aromatic carbocycles. The summed E-state index contributed by atoms with van der Waals surface area (Å²) in [4.78, 5) is 2.59. The molecule has 1 atom stereocenters. The summed E-state index contributed by atoms with van der Waals surface area (Å²) in [6, 6.07) is 9.37. The molecule has 0 radical (unpaired) electrons. The van der Waals surface area contributed by atoms with E-state index in [2.05, 4.69) is 42.2 Å². The zero-order valence-corrected chi connectivity index (χ0v) is 11.8. The van der Waals surface area contributed by atoms with Gasteiger partial charge in [-0.15, -0.1) is 0 Å². The topological polar surface area (TPSA) is 12.5 Å². The normalized spacial score (nSPS) is 23.2. The van der Waals surface area contributed by atoms with Gasteiger partial charge in [-0.3, -0.25) is 4.90 Å². The number of unbranched alkanes of at least 4 members (excludes halogenated alkanes) is 1. The Balaban J connectivity index is 1.86. The van der Waals surface area contributed by atoms with Gasteiger partial charge in [-0.1, -0.05) is 43.7 Å². The molecule has 19 heavy (non-hydrogen) atoms. The van der Waals surface area contributed by atoms with Crippen molar-refractivity contribution < 1.29 is 4.74 Å². The Hall–Kier alpha value is -1.12. The van der Waals surface area contributed by atoms with Gasteiger partial charge in [0.1, 0.15) is 0 Å². The Labute approximate surface area is 116 Å². The van der Waals surface area contributed by atoms with Crippen LogP contribution in [0.15, 0.2) is 29.8 Å². The van der Waals surface area contributed by atoms with E-state index in [0.717, 1.165) is 26.3 Å². The lowest BCUT2D eigenvalue weighted by Crippen LogP contribution is -2.39. The average molecular weight is 257 g/mol. The number of hydrogen-bond acceptors (Lipinski definition) is 2. The molecule has 0 aromatic heterocycles. The lowest BCUT2D eigenvalue weighted by Gasteiger charge is -2.34. The molecule has 0 spiro atoms. The highest BCUT2D eigenvalue weighted by Crippen LogP contribution is 2.41. The summed E-state index contributed by atoms with van der Waals surface area (Å²) in [5.74, 6) is 0. The Morgan fingerprint density at radius 2 is 2.00 bits per heavy atom. The molecule has 1 aliphatic carbocycles. The maximum Gasteiger partial charge on any atom is 0.0594 e. The summed E-state index contributed by atoms with van der Waals surface area (Å²) >= 11 is 0. The molecule has 1 unspecified atom stereocenters. The van der Waals surface area contributed by atoms with E-state index in [9.17, 15) is 0 Å². The Kier molecular flexibility index (Phi) is 4.00. The minimum atomic E-state index is 0.506. The number of benzene rings is 1. The number of ether oxygens (including phenoxy) is 1. The van der Waals surface area contributed by atoms with Crippen LogP contribution in [0.3, 0.4) is 0 Å². The molecular formula is C17H23NO. The maximum atomic E-state index is 5.50. The average Bonchev–Trinajstić information content (AvgIpc) is 2.84. The molecule has 1 fully saturated rings. The highest BCUT2D eigenvalue weighted by molar-refractivity contribution is 5.66. The zero-order valence-electron chi connectivity index (χ0n) is 11.8. The van der Waals surface area contributed by atoms with Crippen LogP contribution in [-0.2, 0) is 4.74 Å². The van der Waals surface area contributed by atoms with E-state index in [1.54, 1.807) is 5.57 Å². The van der Waals surface area contributed by atoms with Crippen LogP contribution in [0.25, 0.3) is 6.08 Å². The van der Waals surface area contributed by atoms with Crippen LogP contribution < -0.4 is 0 Å². The van der Waals surface area contributed by atoms with Gasteiger partial charge in [0, 0.05) is 13.1 Å². The van der Waals surface area contributed by atoms with Gasteiger partial charge in [-0.05, 0) is 29.5 Å². The number of nitrogens with zero attached hydrogens (tertiary/aromatic N) is 1. The fraction of sp³-hybridized carbons (Fsp3) is 0.529. The number of morpholine rings is 1. The summed E-state index contributed by atoms with van der Waals surface area (Å²) in [6.45, 7) is 6.14. The molecule has 2 aliphatic rings. The lowest BCUT2D eigenvalue weighted by molar-refractivity contribution is 0.0233. The summed E-state index contributed by atoms with van der Waals surface area (Å²) in [7, 11) is 0. The monoisotopic (exact) mass is 257 g/mol. The van der Waals surface area contributed by atoms with Gasteiger partial charge in [0.2, 0.25) is 0 Å². The maximum absolute atomic E-state index is 5.50. The van der Waals surface area contributed by atoms with E-state index in [-0.39, 0.29) is 0 Å². The molecule has 0 N–H and O–H groups in total. The molecular weight excluding hydrogens is 234 g/mol. The predicted octanol–water partition coefficient (Wildman–Crippen LogP) is 3.65. The molecule has 2 nitrogen and oxygen atoms in total. The first-order chi connectivity index (χ1) is 9.40. The third kappa shape index (κ3) is 2.60. The second-order valence-electron chi connectivity index (χ2n) is 5.50. The van der Waals surface area contributed by atoms with Crippen LogP contribution in [-0.4, -0.2) is 31.2 Å². The van der Waals surface area contributed by atoms with Crippen molar-refractivity contribution in [2.45, 2.75) is 32.2 Å². The van der Waals surface area contributed by atoms with Crippen LogP contribution >= 0.6 is 0 Å². The van der Waals surface area contributed by atoms with Crippen LogP contribution in [0, 0.1) is 0 Å². The minimum absolute atomic E-state index is 0.506. The molecule has 0 saturated carbocycles. The van der Waals surface area contributed by atoms with Gasteiger partial charge in [-0.2, -0.15) is 0 Å². The van der Waals surface area contributed by atoms with Gasteiger partial charge in [-0.25, -0.2) is 0 Å². The Morgan fingerprint density at radius 3 is 2.79 bits per heavy atom. The smallest absolute Gasteiger partial charge is 0.0594 e. The predicted molar refractivity (Wildman–Crippen MR) is 79.1 cm³/mol. The van der Waals surface area contributed by atoms with Gasteiger partial charge < -0.3 is 4.74 Å². The minimum Gasteiger partial charge on any atom is -0.379 e. The van der Waals surface area contributed by atoms with Crippen molar-refractivity contribution in [3.8, 4) is 0 Å². The van der Waals surface area contributed by atoms with Crippen molar-refractivity contribution in [1.82, 2.24) is 4.90 Å². The number of hydrogen-bond donors (Lipinski definition) is 0. The lowest BCUT2D eigenvalue weighted by atomic mass is 9.98. The van der Waals surface area contributed by atoms with Crippen LogP contribution in [0.5, 0.6) is 0 Å². The first-order valence-electron chi connectivity index (χ1n) is 7.51. The Morgan fingerprint density at radius 1 is 1.21 bits per heavy atom. The van der Waals surface area contributed by atoms with Crippen LogP contribution in [0.1, 0.15) is 43.4 Å². The molecule has 0 bridgehead atoms. The highest BCUT2D eigenvalue weighted by atomic mass is 16.5. The first kappa shape index (κ1) is 12.9. The molecule has 2 heteroatoms. The molecule has 3 rings (SSSR count). The largest absolute Gasteiger partial charge is 0.379 e. The van der Waals surface area contributed by atoms with E-state index < -0.39 is 0 Å². The molecule has 1 aliphatic heterocycles. The molecule has 102 valence electrons. The molecule has 0 amide bonds. The van der Waals surface area contributed by atoms with E-state index >= 15 is 0 Å². The standard InChI is InChI=1S/C17H23NO/c1-2-3-6-15-13-14-7-4-5-8-16(14)17(15)18-9-11-19-12-10-18/h4-5,7-8,13,17H,2-3,6,9-12H2,1H3. The van der Waals surface area contributed by atoms with E-state index in [4.69, 9.17) is 4.74 Å². The summed E-state index contributed by atoms with van der Waals surface area (Å²) in [5, 5.41) is 0. The van der Waals surface area contributed by atoms with Crippen molar-refractivity contribution in [3.63, 3.8) is 0 Å². The summed E-state index contributed by atoms with van der Waals surface area (Å²) in [6.07, 6.45) is 6.21. The van der Waals surface area contributed by atoms with Crippen LogP contribution in [0.4, 0.5) is 0 Å². The highest BCUT2D eigenvalue weighted by Gasteiger charge is 2.30. The van der Waals surface area contributed by atoms with Crippen molar-refractivity contribution in [2.75, 3.05) is 26.3 Å². The Bertz CT molecular complexity index is 460. The zero-order chi connectivity index (χ0) is 13.1. The van der Waals surface area contributed by atoms with Gasteiger partial charge in [0.25, 0.3) is 0 Å². The van der Waals surface area contributed by atoms with E-state index in [0.29, 0.717) is 6.04 Å². The second-order valence-corrected chi connectivity index (χ2v) is 5.50. The number of rotatable bonds is 4. The van der Waals surface area contributed by atoms with Crippen molar-refractivity contribution in [1.29, 1.82) is 0 Å². The van der Waals surface area contributed by atoms with Crippen LogP contribution in [0.2, 0.25) is 0 Å². The molecule has 1 heterocycles. The van der Waals surface area contributed by atoms with Crippen molar-refractivity contribution in [3.05, 3.63) is 41.0 Å². The van der Waals surface area contributed by atoms with Crippen molar-refractivity contribution >= 4 is 6.08 Å². The second kappa shape index (κ2) is 5.89. The SMILES string of the molecule is CCCCC1=Cc2ccccc2C1N1CCOCC1. The van der Waals surface area contributed by atoms with Gasteiger partial charge in [0.05, 0.1) is 19.3 Å². The third-order valence-corrected chi connectivity index (χ3v) is 4.21. The van der Waals surface area contributed by atoms with Crippen molar-refractivity contribution in [2.24, 2.45) is 0 Å². The van der Waals surface area contributed by atoms with E-state index in [1.165, 1.54) is 30.4 Å². The first-order valence-corrected chi connectivity index (χ1v) is 7.51. The summed E-state index contributed by atoms with van der Waals surface area (Å²) < 4.78 is 5.50.